The number of hydrogen-bond acceptors (Lipinski definition) is 9. The molecule has 2 N–H and O–H groups in total. The van der Waals surface area contributed by atoms with Gasteiger partial charge < -0.3 is 24.3 Å². The van der Waals surface area contributed by atoms with E-state index in [0.717, 1.165) is 25.3 Å². The van der Waals surface area contributed by atoms with Crippen molar-refractivity contribution in [1.29, 1.82) is 0 Å². The van der Waals surface area contributed by atoms with Crippen molar-refractivity contribution in [2.45, 2.75) is 32.4 Å². The average Bonchev–Trinajstić information content (AvgIpc) is 3.04. The summed E-state index contributed by atoms with van der Waals surface area (Å²) in [5.74, 6) is -4.39. The molecule has 0 bridgehead atoms. The number of imidazole rings is 1. The molecule has 0 aliphatic rings. The number of nitrogens with zero attached hydrogens (tertiary/aromatic N) is 4. The van der Waals surface area contributed by atoms with Gasteiger partial charge in [0.05, 0.1) is 12.9 Å². The fraction of sp³-hybridized carbons (Fsp3) is 0.667. The Morgan fingerprint density at radius 2 is 1.89 bits per heavy atom. The van der Waals surface area contributed by atoms with Crippen LogP contribution in [0.25, 0.3) is 11.2 Å². The molecule has 10 nitrogen and oxygen atoms in total. The summed E-state index contributed by atoms with van der Waals surface area (Å²) >= 11 is 0. The zero-order valence-electron chi connectivity index (χ0n) is 16.3. The Labute approximate surface area is 160 Å². The Morgan fingerprint density at radius 3 is 2.50 bits per heavy atom. The number of fused-ring (bicyclic) bond motifs is 1. The maximum absolute atomic E-state index is 15.3. The van der Waals surface area contributed by atoms with Gasteiger partial charge in [0.1, 0.15) is 13.2 Å². The van der Waals surface area contributed by atoms with Gasteiger partial charge in [-0.15, -0.1) is 0 Å². The van der Waals surface area contributed by atoms with E-state index in [2.05, 4.69) is 19.7 Å². The maximum Gasteiger partial charge on any atom is 0.328 e. The number of nitrogen functional groups attached to an aromatic ring is 1. The first kappa shape index (κ1) is 22.4. The summed E-state index contributed by atoms with van der Waals surface area (Å²) in [4.78, 5) is 12.0. The van der Waals surface area contributed by atoms with Crippen LogP contribution in [0.15, 0.2) is 6.33 Å². The highest BCUT2D eigenvalue weighted by atomic mass is 31.2. The van der Waals surface area contributed by atoms with Crippen molar-refractivity contribution < 1.29 is 31.9 Å². The van der Waals surface area contributed by atoms with Gasteiger partial charge in [0.25, 0.3) is 0 Å². The molecule has 0 saturated carbocycles. The molecule has 28 heavy (non-hydrogen) atoms. The summed E-state index contributed by atoms with van der Waals surface area (Å²) < 4.78 is 62.3. The minimum atomic E-state index is -3.77. The molecule has 0 aromatic carbocycles. The number of anilines is 1. The number of halogens is 2. The molecule has 0 saturated heterocycles. The SMILES string of the molecule is CCOc1nc(N)nc2c1ncn2[C@](C)(F)CO[P@@](C)(=O)OC[C@@](C)(F)OC. The molecule has 2 aromatic heterocycles. The van der Waals surface area contributed by atoms with Crippen LogP contribution in [-0.4, -0.2) is 59.0 Å². The second kappa shape index (κ2) is 8.24. The summed E-state index contributed by atoms with van der Waals surface area (Å²) in [6.45, 7) is 4.10. The van der Waals surface area contributed by atoms with Crippen molar-refractivity contribution in [2.24, 2.45) is 0 Å². The van der Waals surface area contributed by atoms with Gasteiger partial charge in [0.15, 0.2) is 11.2 Å². The zero-order valence-corrected chi connectivity index (χ0v) is 17.2. The first-order valence-corrected chi connectivity index (χ1v) is 10.3. The summed E-state index contributed by atoms with van der Waals surface area (Å²) in [6.07, 6.45) is 1.18. The van der Waals surface area contributed by atoms with Crippen LogP contribution >= 0.6 is 7.60 Å². The fourth-order valence-corrected chi connectivity index (χ4v) is 3.11. The Bertz CT molecular complexity index is 876. The first-order valence-electron chi connectivity index (χ1n) is 8.34. The predicted molar refractivity (Wildman–Crippen MR) is 97.6 cm³/mol. The summed E-state index contributed by atoms with van der Waals surface area (Å²) in [5, 5.41) is 0. The molecule has 0 aliphatic carbocycles. The van der Waals surface area contributed by atoms with E-state index < -0.39 is 32.5 Å². The second-order valence-corrected chi connectivity index (χ2v) is 8.43. The number of ether oxygens (including phenoxy) is 2. The van der Waals surface area contributed by atoms with E-state index in [1.165, 1.54) is 13.3 Å². The van der Waals surface area contributed by atoms with Crippen molar-refractivity contribution in [3.63, 3.8) is 0 Å². The molecule has 2 heterocycles. The third-order valence-corrected chi connectivity index (χ3v) is 4.91. The van der Waals surface area contributed by atoms with E-state index in [0.29, 0.717) is 6.61 Å². The van der Waals surface area contributed by atoms with E-state index in [9.17, 15) is 8.96 Å². The monoisotopic (exact) mass is 423 g/mol. The number of rotatable bonds is 10. The predicted octanol–water partition coefficient (Wildman–Crippen LogP) is 2.64. The number of methoxy groups -OCH3 is 1. The maximum atomic E-state index is 15.3. The lowest BCUT2D eigenvalue weighted by molar-refractivity contribution is -0.131. The molecule has 2 rings (SSSR count). The van der Waals surface area contributed by atoms with E-state index in [-0.39, 0.29) is 23.0 Å². The summed E-state index contributed by atoms with van der Waals surface area (Å²) in [6, 6.07) is 0. The molecule has 2 aromatic rings. The highest BCUT2D eigenvalue weighted by Crippen LogP contribution is 2.46. The van der Waals surface area contributed by atoms with Gasteiger partial charge in [0, 0.05) is 13.8 Å². The third-order valence-electron chi connectivity index (χ3n) is 3.71. The lowest BCUT2D eigenvalue weighted by atomic mass is 10.3. The van der Waals surface area contributed by atoms with Crippen LogP contribution in [0.5, 0.6) is 5.88 Å². The van der Waals surface area contributed by atoms with Crippen LogP contribution in [0.2, 0.25) is 0 Å². The Balaban J connectivity index is 2.19. The third kappa shape index (κ3) is 5.34. The highest BCUT2D eigenvalue weighted by Gasteiger charge is 2.34. The molecule has 0 radical (unpaired) electrons. The first-order chi connectivity index (χ1) is 12.9. The van der Waals surface area contributed by atoms with Gasteiger partial charge in [-0.25, -0.2) is 13.8 Å². The normalized spacial score (nSPS) is 18.4. The molecule has 0 spiro atoms. The minimum Gasteiger partial charge on any atom is -0.476 e. The second-order valence-electron chi connectivity index (χ2n) is 6.37. The molecular weight excluding hydrogens is 399 g/mol. The largest absolute Gasteiger partial charge is 0.476 e. The van der Waals surface area contributed by atoms with Crippen molar-refractivity contribution in [3.8, 4) is 5.88 Å². The Kier molecular flexibility index (Phi) is 6.59. The van der Waals surface area contributed by atoms with Crippen LogP contribution in [0.4, 0.5) is 14.7 Å². The van der Waals surface area contributed by atoms with E-state index in [1.807, 2.05) is 0 Å². The molecule has 158 valence electrons. The summed E-state index contributed by atoms with van der Waals surface area (Å²) in [7, 11) is -2.63. The van der Waals surface area contributed by atoms with Crippen LogP contribution in [0.3, 0.4) is 0 Å². The average molecular weight is 423 g/mol. The topological polar surface area (TPSA) is 124 Å². The van der Waals surface area contributed by atoms with Crippen molar-refractivity contribution in [3.05, 3.63) is 6.33 Å². The minimum absolute atomic E-state index is 0.0760. The zero-order chi connectivity index (χ0) is 21.2. The van der Waals surface area contributed by atoms with Gasteiger partial charge in [0.2, 0.25) is 23.5 Å². The van der Waals surface area contributed by atoms with E-state index in [1.54, 1.807) is 6.92 Å². The molecular formula is C15H24F2N5O5P. The Hall–Kier alpha value is -1.88. The molecule has 0 aliphatic heterocycles. The number of aromatic nitrogens is 4. The van der Waals surface area contributed by atoms with Gasteiger partial charge in [-0.2, -0.15) is 9.97 Å². The number of hydrogen-bond donors (Lipinski definition) is 1. The van der Waals surface area contributed by atoms with Crippen LogP contribution in [-0.2, 0) is 24.1 Å². The highest BCUT2D eigenvalue weighted by molar-refractivity contribution is 7.52. The van der Waals surface area contributed by atoms with Crippen molar-refractivity contribution in [1.82, 2.24) is 19.5 Å². The molecule has 13 heteroatoms. The van der Waals surface area contributed by atoms with Crippen molar-refractivity contribution >= 4 is 24.7 Å². The van der Waals surface area contributed by atoms with Gasteiger partial charge in [-0.3, -0.25) is 9.13 Å². The van der Waals surface area contributed by atoms with Gasteiger partial charge >= 0.3 is 7.60 Å². The van der Waals surface area contributed by atoms with Gasteiger partial charge in [-0.05, 0) is 20.8 Å². The fourth-order valence-electron chi connectivity index (χ4n) is 2.10. The lowest BCUT2D eigenvalue weighted by Gasteiger charge is -2.25. The van der Waals surface area contributed by atoms with Crippen LogP contribution in [0.1, 0.15) is 20.8 Å². The van der Waals surface area contributed by atoms with Gasteiger partial charge in [-0.1, -0.05) is 0 Å². The van der Waals surface area contributed by atoms with E-state index in [4.69, 9.17) is 19.5 Å². The summed E-state index contributed by atoms with van der Waals surface area (Å²) in [5.41, 5.74) is 5.94. The smallest absolute Gasteiger partial charge is 0.328 e. The molecule has 3 atom stereocenters. The van der Waals surface area contributed by atoms with Crippen LogP contribution in [0, 0.1) is 0 Å². The standard InChI is InChI=1S/C15H24F2N5O5P/c1-6-25-12-10-11(20-13(18)21-12)22(9-19-10)14(2,16)7-26-28(5,23)27-8-15(3,17)24-4/h9H,6-8H2,1-5H3,(H2,18,20,21)/t14-,15-,28+/m0/s1. The molecule has 0 unspecified atom stereocenters. The Morgan fingerprint density at radius 1 is 1.25 bits per heavy atom. The number of nitrogens with two attached hydrogens (primary N) is 1. The number of alkyl halides is 2. The lowest BCUT2D eigenvalue weighted by Crippen LogP contribution is -2.31. The van der Waals surface area contributed by atoms with E-state index >= 15 is 4.39 Å². The van der Waals surface area contributed by atoms with Crippen molar-refractivity contribution in [2.75, 3.05) is 39.3 Å². The molecule has 0 amide bonds. The molecule has 0 fully saturated rings. The van der Waals surface area contributed by atoms with Crippen LogP contribution < -0.4 is 10.5 Å². The quantitative estimate of drug-likeness (QED) is 0.574.